The summed E-state index contributed by atoms with van der Waals surface area (Å²) in [6.45, 7) is 3.43. The van der Waals surface area contributed by atoms with E-state index in [1.165, 1.54) is 6.07 Å². The van der Waals surface area contributed by atoms with Crippen molar-refractivity contribution in [3.05, 3.63) is 22.7 Å². The number of aromatic nitrogens is 2. The molecule has 2 heterocycles. The highest BCUT2D eigenvalue weighted by atomic mass is 32.1. The van der Waals surface area contributed by atoms with Crippen LogP contribution in [0.4, 0.5) is 10.1 Å². The van der Waals surface area contributed by atoms with Gasteiger partial charge in [-0.15, -0.1) is 0 Å². The first-order chi connectivity index (χ1) is 8.24. The molecule has 0 bridgehead atoms. The Morgan fingerprint density at radius 3 is 2.47 bits per heavy atom. The minimum atomic E-state index is -0.204. The van der Waals surface area contributed by atoms with Gasteiger partial charge >= 0.3 is 0 Å². The van der Waals surface area contributed by atoms with Gasteiger partial charge in [-0.05, 0) is 18.3 Å². The molecule has 0 amide bonds. The molecule has 90 valence electrons. The van der Waals surface area contributed by atoms with E-state index in [9.17, 15) is 4.39 Å². The summed E-state index contributed by atoms with van der Waals surface area (Å²) < 4.78 is 14.5. The van der Waals surface area contributed by atoms with E-state index in [2.05, 4.69) is 20.2 Å². The van der Waals surface area contributed by atoms with Crippen molar-refractivity contribution in [3.8, 4) is 0 Å². The summed E-state index contributed by atoms with van der Waals surface area (Å²) >= 11 is 5.00. The summed E-state index contributed by atoms with van der Waals surface area (Å²) in [5, 5.41) is 3.25. The Kier molecular flexibility index (Phi) is 2.60. The third-order valence-corrected chi connectivity index (χ3v) is 3.25. The maximum atomic E-state index is 14.0. The zero-order valence-electron chi connectivity index (χ0n) is 9.22. The van der Waals surface area contributed by atoms with Crippen LogP contribution in [0.5, 0.6) is 0 Å². The normalized spacial score (nSPS) is 16.6. The van der Waals surface area contributed by atoms with E-state index in [1.807, 2.05) is 6.07 Å². The number of fused-ring (bicyclic) bond motifs is 1. The Labute approximate surface area is 103 Å². The number of benzene rings is 1. The molecule has 0 atom stereocenters. The van der Waals surface area contributed by atoms with E-state index >= 15 is 0 Å². The van der Waals surface area contributed by atoms with E-state index in [4.69, 9.17) is 12.2 Å². The van der Waals surface area contributed by atoms with Crippen molar-refractivity contribution >= 4 is 28.9 Å². The molecule has 0 saturated carbocycles. The van der Waals surface area contributed by atoms with Crippen molar-refractivity contribution in [1.29, 1.82) is 0 Å². The van der Waals surface area contributed by atoms with Gasteiger partial charge in [0.15, 0.2) is 4.77 Å². The second-order valence-electron chi connectivity index (χ2n) is 4.17. The van der Waals surface area contributed by atoms with Gasteiger partial charge in [-0.3, -0.25) is 0 Å². The zero-order valence-corrected chi connectivity index (χ0v) is 10.0. The van der Waals surface area contributed by atoms with Gasteiger partial charge in [-0.25, -0.2) is 4.39 Å². The van der Waals surface area contributed by atoms with Crippen molar-refractivity contribution in [2.75, 3.05) is 31.1 Å². The van der Waals surface area contributed by atoms with Crippen LogP contribution in [0.3, 0.4) is 0 Å². The number of nitrogens with zero attached hydrogens (tertiary/aromatic N) is 1. The summed E-state index contributed by atoms with van der Waals surface area (Å²) in [4.78, 5) is 7.98. The highest BCUT2D eigenvalue weighted by Gasteiger charge is 2.15. The Bertz CT molecular complexity index is 597. The largest absolute Gasteiger partial charge is 0.367 e. The van der Waals surface area contributed by atoms with E-state index in [0.29, 0.717) is 16.0 Å². The maximum Gasteiger partial charge on any atom is 0.175 e. The van der Waals surface area contributed by atoms with Crippen LogP contribution >= 0.6 is 12.2 Å². The van der Waals surface area contributed by atoms with Crippen molar-refractivity contribution in [2.24, 2.45) is 0 Å². The molecule has 6 heteroatoms. The van der Waals surface area contributed by atoms with Crippen LogP contribution in [0.25, 0.3) is 11.0 Å². The first-order valence-electron chi connectivity index (χ1n) is 5.61. The Hall–Kier alpha value is -1.40. The van der Waals surface area contributed by atoms with E-state index in [0.717, 1.165) is 31.7 Å². The van der Waals surface area contributed by atoms with E-state index < -0.39 is 0 Å². The summed E-state index contributed by atoms with van der Waals surface area (Å²) in [5.41, 5.74) is 2.21. The van der Waals surface area contributed by atoms with Crippen LogP contribution < -0.4 is 10.2 Å². The number of H-pyrrole nitrogens is 2. The molecule has 1 fully saturated rings. The fourth-order valence-electron chi connectivity index (χ4n) is 2.19. The summed E-state index contributed by atoms with van der Waals surface area (Å²) in [7, 11) is 0. The Morgan fingerprint density at radius 2 is 1.76 bits per heavy atom. The van der Waals surface area contributed by atoms with Gasteiger partial charge in [-0.1, -0.05) is 0 Å². The number of imidazole rings is 1. The highest BCUT2D eigenvalue weighted by molar-refractivity contribution is 7.71. The third-order valence-electron chi connectivity index (χ3n) is 3.04. The minimum absolute atomic E-state index is 0.204. The number of hydrogen-bond acceptors (Lipinski definition) is 3. The fraction of sp³-hybridized carbons (Fsp3) is 0.364. The molecule has 0 unspecified atom stereocenters. The summed E-state index contributed by atoms with van der Waals surface area (Å²) in [6, 6.07) is 3.32. The number of nitrogens with one attached hydrogen (secondary N) is 3. The van der Waals surface area contributed by atoms with Gasteiger partial charge in [0.05, 0.1) is 16.7 Å². The van der Waals surface area contributed by atoms with Crippen LogP contribution in [0.2, 0.25) is 0 Å². The molecular formula is C11H13FN4S. The van der Waals surface area contributed by atoms with Gasteiger partial charge in [0.1, 0.15) is 5.82 Å². The molecule has 3 rings (SSSR count). The standard InChI is InChI=1S/C11H13FN4S/c12-7-5-8-9(15-11(17)14-8)6-10(7)16-3-1-13-2-4-16/h5-6,13H,1-4H2,(H2,14,15,17). The molecule has 0 radical (unpaired) electrons. The lowest BCUT2D eigenvalue weighted by Gasteiger charge is -2.29. The fourth-order valence-corrected chi connectivity index (χ4v) is 2.41. The second kappa shape index (κ2) is 4.12. The second-order valence-corrected chi connectivity index (χ2v) is 4.57. The van der Waals surface area contributed by atoms with Crippen LogP contribution in [0.1, 0.15) is 0 Å². The quantitative estimate of drug-likeness (QED) is 0.678. The smallest absolute Gasteiger partial charge is 0.175 e. The number of halogens is 1. The minimum Gasteiger partial charge on any atom is -0.367 e. The molecule has 1 saturated heterocycles. The molecule has 17 heavy (non-hydrogen) atoms. The lowest BCUT2D eigenvalue weighted by atomic mass is 10.2. The number of hydrogen-bond donors (Lipinski definition) is 3. The molecule has 0 spiro atoms. The average Bonchev–Trinajstić information content (AvgIpc) is 2.68. The first-order valence-corrected chi connectivity index (χ1v) is 6.02. The Morgan fingerprint density at radius 1 is 1.12 bits per heavy atom. The average molecular weight is 252 g/mol. The molecule has 2 aromatic rings. The van der Waals surface area contributed by atoms with Gasteiger partial charge in [0.2, 0.25) is 0 Å². The first kappa shape index (κ1) is 10.7. The molecule has 1 aliphatic heterocycles. The topological polar surface area (TPSA) is 46.9 Å². The maximum absolute atomic E-state index is 14.0. The lowest BCUT2D eigenvalue weighted by molar-refractivity contribution is 0.567. The monoisotopic (exact) mass is 252 g/mol. The van der Waals surface area contributed by atoms with Crippen molar-refractivity contribution < 1.29 is 4.39 Å². The molecular weight excluding hydrogens is 239 g/mol. The van der Waals surface area contributed by atoms with Gasteiger partial charge < -0.3 is 20.2 Å². The lowest BCUT2D eigenvalue weighted by Crippen LogP contribution is -2.43. The Balaban J connectivity index is 2.08. The van der Waals surface area contributed by atoms with Crippen LogP contribution in [0, 0.1) is 10.6 Å². The molecule has 1 aromatic carbocycles. The van der Waals surface area contributed by atoms with Crippen molar-refractivity contribution in [1.82, 2.24) is 15.3 Å². The molecule has 1 aromatic heterocycles. The molecule has 1 aliphatic rings. The summed E-state index contributed by atoms with van der Waals surface area (Å²) in [6.07, 6.45) is 0. The van der Waals surface area contributed by atoms with Gasteiger partial charge in [-0.2, -0.15) is 0 Å². The predicted molar refractivity (Wildman–Crippen MR) is 68.5 cm³/mol. The molecule has 3 N–H and O–H groups in total. The number of piperazine rings is 1. The van der Waals surface area contributed by atoms with Crippen LogP contribution in [-0.2, 0) is 0 Å². The molecule has 4 nitrogen and oxygen atoms in total. The third kappa shape index (κ3) is 1.94. The van der Waals surface area contributed by atoms with Gasteiger partial charge in [0, 0.05) is 32.2 Å². The zero-order chi connectivity index (χ0) is 11.8. The van der Waals surface area contributed by atoms with Crippen LogP contribution in [-0.4, -0.2) is 36.1 Å². The summed E-state index contributed by atoms with van der Waals surface area (Å²) in [5.74, 6) is -0.204. The number of aromatic amines is 2. The van der Waals surface area contributed by atoms with E-state index in [-0.39, 0.29) is 5.82 Å². The van der Waals surface area contributed by atoms with Crippen LogP contribution in [0.15, 0.2) is 12.1 Å². The number of anilines is 1. The predicted octanol–water partition coefficient (Wildman–Crippen LogP) is 1.77. The van der Waals surface area contributed by atoms with Gasteiger partial charge in [0.25, 0.3) is 0 Å². The van der Waals surface area contributed by atoms with Crippen molar-refractivity contribution in [2.45, 2.75) is 0 Å². The number of rotatable bonds is 1. The van der Waals surface area contributed by atoms with E-state index in [1.54, 1.807) is 0 Å². The SMILES string of the molecule is Fc1cc2[nH]c(=S)[nH]c2cc1N1CCNCC1. The van der Waals surface area contributed by atoms with Crippen molar-refractivity contribution in [3.63, 3.8) is 0 Å². The molecule has 0 aliphatic carbocycles. The highest BCUT2D eigenvalue weighted by Crippen LogP contribution is 2.24.